The zero-order valence-electron chi connectivity index (χ0n) is 13.9. The zero-order valence-corrected chi connectivity index (χ0v) is 14.7. The van der Waals surface area contributed by atoms with Gasteiger partial charge in [0.15, 0.2) is 9.84 Å². The average molecular weight is 340 g/mol. The standard InChI is InChI=1S/C15H24N4O3S/c1-4-17-5-6-19(14-9-23(21,22)8-13(14)17)15(20)7-18-10-16-11(2)12(18)3/h10,13-14H,4-9H2,1-3H3/t13-,14+/m0/s1. The van der Waals surface area contributed by atoms with Crippen LogP contribution in [0.3, 0.4) is 0 Å². The summed E-state index contributed by atoms with van der Waals surface area (Å²) < 4.78 is 26.0. The van der Waals surface area contributed by atoms with Crippen molar-refractivity contribution in [1.82, 2.24) is 19.4 Å². The maximum absolute atomic E-state index is 12.7. The third-order valence-electron chi connectivity index (χ3n) is 5.17. The Kier molecular flexibility index (Phi) is 4.22. The summed E-state index contributed by atoms with van der Waals surface area (Å²) in [5, 5.41) is 0. The first-order valence-corrected chi connectivity index (χ1v) is 9.87. The van der Waals surface area contributed by atoms with Crippen LogP contribution in [0.1, 0.15) is 18.3 Å². The van der Waals surface area contributed by atoms with E-state index in [1.165, 1.54) is 0 Å². The predicted molar refractivity (Wildman–Crippen MR) is 86.9 cm³/mol. The Bertz CT molecular complexity index is 712. The van der Waals surface area contributed by atoms with Gasteiger partial charge in [0.1, 0.15) is 6.54 Å². The van der Waals surface area contributed by atoms with Gasteiger partial charge in [0.25, 0.3) is 0 Å². The molecule has 0 aromatic carbocycles. The minimum Gasteiger partial charge on any atom is -0.334 e. The van der Waals surface area contributed by atoms with Crippen molar-refractivity contribution in [1.29, 1.82) is 0 Å². The van der Waals surface area contributed by atoms with E-state index in [0.717, 1.165) is 24.5 Å². The Morgan fingerprint density at radius 2 is 1.96 bits per heavy atom. The number of fused-ring (bicyclic) bond motifs is 1. The number of aryl methyl sites for hydroxylation is 1. The molecule has 2 aliphatic heterocycles. The summed E-state index contributed by atoms with van der Waals surface area (Å²) in [7, 11) is -3.07. The highest BCUT2D eigenvalue weighted by Crippen LogP contribution is 2.27. The van der Waals surface area contributed by atoms with Gasteiger partial charge >= 0.3 is 0 Å². The molecule has 2 aliphatic rings. The van der Waals surface area contributed by atoms with E-state index >= 15 is 0 Å². The van der Waals surface area contributed by atoms with Crippen LogP contribution in [-0.2, 0) is 21.2 Å². The second-order valence-corrected chi connectivity index (χ2v) is 8.62. The van der Waals surface area contributed by atoms with Crippen molar-refractivity contribution in [2.75, 3.05) is 31.1 Å². The maximum atomic E-state index is 12.7. The SMILES string of the molecule is CCN1CCN(C(=O)Cn2cnc(C)c2C)[C@@H]2CS(=O)(=O)C[C@@H]21. The molecule has 128 valence electrons. The molecule has 8 heteroatoms. The molecule has 0 unspecified atom stereocenters. The third kappa shape index (κ3) is 3.01. The van der Waals surface area contributed by atoms with Gasteiger partial charge in [-0.15, -0.1) is 0 Å². The number of likely N-dealkylation sites (N-methyl/N-ethyl adjacent to an activating group) is 1. The molecule has 0 saturated carbocycles. The molecule has 2 atom stereocenters. The quantitative estimate of drug-likeness (QED) is 0.764. The summed E-state index contributed by atoms with van der Waals surface area (Å²) in [5.74, 6) is 0.230. The fraction of sp³-hybridized carbons (Fsp3) is 0.733. The topological polar surface area (TPSA) is 75.5 Å². The fourth-order valence-electron chi connectivity index (χ4n) is 3.67. The van der Waals surface area contributed by atoms with Gasteiger partial charge in [-0.25, -0.2) is 13.4 Å². The van der Waals surface area contributed by atoms with E-state index in [1.54, 1.807) is 11.2 Å². The molecule has 23 heavy (non-hydrogen) atoms. The first kappa shape index (κ1) is 16.4. The number of hydrogen-bond acceptors (Lipinski definition) is 5. The second kappa shape index (κ2) is 5.90. The molecule has 0 spiro atoms. The molecule has 2 saturated heterocycles. The number of amides is 1. The van der Waals surface area contributed by atoms with Gasteiger partial charge in [0.05, 0.1) is 29.6 Å². The van der Waals surface area contributed by atoms with E-state index in [0.29, 0.717) is 6.54 Å². The summed E-state index contributed by atoms with van der Waals surface area (Å²) >= 11 is 0. The third-order valence-corrected chi connectivity index (χ3v) is 6.87. The Morgan fingerprint density at radius 1 is 1.26 bits per heavy atom. The maximum Gasteiger partial charge on any atom is 0.242 e. The molecule has 0 N–H and O–H groups in total. The van der Waals surface area contributed by atoms with Crippen LogP contribution in [0.4, 0.5) is 0 Å². The molecular formula is C15H24N4O3S. The lowest BCUT2D eigenvalue weighted by molar-refractivity contribution is -0.137. The Hall–Kier alpha value is -1.41. The minimum absolute atomic E-state index is 0.0200. The lowest BCUT2D eigenvalue weighted by atomic mass is 10.0. The largest absolute Gasteiger partial charge is 0.334 e. The fourth-order valence-corrected chi connectivity index (χ4v) is 5.68. The summed E-state index contributed by atoms with van der Waals surface area (Å²) in [6.45, 7) is 8.26. The molecule has 0 bridgehead atoms. The number of rotatable bonds is 3. The Labute approximate surface area is 137 Å². The van der Waals surface area contributed by atoms with Crippen LogP contribution in [0.5, 0.6) is 0 Å². The van der Waals surface area contributed by atoms with Crippen LogP contribution in [0, 0.1) is 13.8 Å². The van der Waals surface area contributed by atoms with E-state index in [1.807, 2.05) is 25.3 Å². The number of imidazole rings is 1. The number of piperazine rings is 1. The minimum atomic E-state index is -3.07. The second-order valence-electron chi connectivity index (χ2n) is 6.47. The highest BCUT2D eigenvalue weighted by Gasteiger charge is 2.47. The summed E-state index contributed by atoms with van der Waals surface area (Å²) in [5.41, 5.74) is 1.89. The van der Waals surface area contributed by atoms with Crippen LogP contribution in [0.25, 0.3) is 0 Å². The number of sulfone groups is 1. The van der Waals surface area contributed by atoms with E-state index in [9.17, 15) is 13.2 Å². The van der Waals surface area contributed by atoms with Gasteiger partial charge in [0, 0.05) is 24.8 Å². The summed E-state index contributed by atoms with van der Waals surface area (Å²) in [4.78, 5) is 20.9. The molecule has 0 radical (unpaired) electrons. The molecule has 1 amide bonds. The van der Waals surface area contributed by atoms with Gasteiger partial charge in [-0.1, -0.05) is 6.92 Å². The average Bonchev–Trinajstić information content (AvgIpc) is 2.98. The van der Waals surface area contributed by atoms with Crippen molar-refractivity contribution in [2.24, 2.45) is 0 Å². The molecule has 3 rings (SSSR count). The number of carbonyl (C=O) groups is 1. The Balaban J connectivity index is 1.79. The number of hydrogen-bond donors (Lipinski definition) is 0. The van der Waals surface area contributed by atoms with Crippen molar-refractivity contribution < 1.29 is 13.2 Å². The highest BCUT2D eigenvalue weighted by molar-refractivity contribution is 7.91. The molecule has 1 aromatic rings. The van der Waals surface area contributed by atoms with Gasteiger partial charge in [-0.3, -0.25) is 9.69 Å². The van der Waals surface area contributed by atoms with Crippen LogP contribution >= 0.6 is 0 Å². The van der Waals surface area contributed by atoms with Crippen molar-refractivity contribution in [3.63, 3.8) is 0 Å². The molecule has 1 aromatic heterocycles. The van der Waals surface area contributed by atoms with Crippen LogP contribution in [0.2, 0.25) is 0 Å². The highest BCUT2D eigenvalue weighted by atomic mass is 32.2. The van der Waals surface area contributed by atoms with Crippen molar-refractivity contribution in [3.05, 3.63) is 17.7 Å². The summed E-state index contributed by atoms with van der Waals surface area (Å²) in [6, 6.07) is -0.278. The normalized spacial score (nSPS) is 27.2. The van der Waals surface area contributed by atoms with Crippen LogP contribution in [0.15, 0.2) is 6.33 Å². The van der Waals surface area contributed by atoms with Gasteiger partial charge in [0.2, 0.25) is 5.91 Å². The first-order chi connectivity index (χ1) is 10.8. The lowest BCUT2D eigenvalue weighted by Gasteiger charge is -2.43. The summed E-state index contributed by atoms with van der Waals surface area (Å²) in [6.07, 6.45) is 1.67. The molecule has 7 nitrogen and oxygen atoms in total. The van der Waals surface area contributed by atoms with E-state index in [4.69, 9.17) is 0 Å². The number of carbonyl (C=O) groups excluding carboxylic acids is 1. The van der Waals surface area contributed by atoms with Gasteiger partial charge in [-0.05, 0) is 20.4 Å². The van der Waals surface area contributed by atoms with E-state index in [2.05, 4.69) is 9.88 Å². The molecular weight excluding hydrogens is 316 g/mol. The zero-order chi connectivity index (χ0) is 16.8. The van der Waals surface area contributed by atoms with Gasteiger partial charge in [-0.2, -0.15) is 0 Å². The number of nitrogens with zero attached hydrogens (tertiary/aromatic N) is 4. The predicted octanol–water partition coefficient (Wildman–Crippen LogP) is -0.170. The smallest absolute Gasteiger partial charge is 0.242 e. The first-order valence-electron chi connectivity index (χ1n) is 8.04. The van der Waals surface area contributed by atoms with E-state index < -0.39 is 9.84 Å². The van der Waals surface area contributed by atoms with Gasteiger partial charge < -0.3 is 9.47 Å². The lowest BCUT2D eigenvalue weighted by Crippen LogP contribution is -2.60. The van der Waals surface area contributed by atoms with Crippen molar-refractivity contribution in [3.8, 4) is 0 Å². The van der Waals surface area contributed by atoms with Crippen molar-refractivity contribution >= 4 is 15.7 Å². The van der Waals surface area contributed by atoms with Crippen molar-refractivity contribution in [2.45, 2.75) is 39.4 Å². The molecule has 3 heterocycles. The van der Waals surface area contributed by atoms with E-state index in [-0.39, 0.29) is 36.0 Å². The van der Waals surface area contributed by atoms with Crippen LogP contribution < -0.4 is 0 Å². The monoisotopic (exact) mass is 340 g/mol. The molecule has 0 aliphatic carbocycles. The number of aromatic nitrogens is 2. The molecule has 2 fully saturated rings. The Morgan fingerprint density at radius 3 is 2.57 bits per heavy atom. The van der Waals surface area contributed by atoms with Crippen LogP contribution in [-0.4, -0.2) is 76.9 Å².